The summed E-state index contributed by atoms with van der Waals surface area (Å²) in [5, 5.41) is 32.7. The lowest BCUT2D eigenvalue weighted by atomic mass is 10.2. The molecule has 2 aromatic carbocycles. The molecule has 0 fully saturated rings. The molecule has 0 bridgehead atoms. The zero-order chi connectivity index (χ0) is 22.5. The monoisotopic (exact) mass is 503 g/mol. The average Bonchev–Trinajstić information content (AvgIpc) is 3.12. The minimum atomic E-state index is -0.490. The van der Waals surface area contributed by atoms with Gasteiger partial charge in [0, 0.05) is 28.3 Å². The van der Waals surface area contributed by atoms with Crippen molar-refractivity contribution in [3.05, 3.63) is 69.2 Å². The van der Waals surface area contributed by atoms with Crippen LogP contribution in [0.2, 0.25) is 0 Å². The Labute approximate surface area is 190 Å². The van der Waals surface area contributed by atoms with Crippen LogP contribution in [0, 0.1) is 17.0 Å². The number of carbonyl (C=O) groups is 1. The summed E-state index contributed by atoms with van der Waals surface area (Å²) in [7, 11) is 0. The molecule has 0 atom stereocenters. The highest BCUT2D eigenvalue weighted by molar-refractivity contribution is 9.10. The summed E-state index contributed by atoms with van der Waals surface area (Å²) in [6.45, 7) is 5.75. The number of phenolic OH excluding ortho intramolecular Hbond substituents is 1. The second kappa shape index (κ2) is 9.75. The molecule has 11 heteroatoms. The zero-order valence-corrected chi connectivity index (χ0v) is 18.8. The van der Waals surface area contributed by atoms with Crippen molar-refractivity contribution in [3.8, 4) is 17.1 Å². The minimum Gasteiger partial charge on any atom is -0.507 e. The first-order valence-electron chi connectivity index (χ1n) is 9.01. The summed E-state index contributed by atoms with van der Waals surface area (Å²) in [6.07, 6.45) is 1.66. The number of nitro benzene ring substituents is 1. The van der Waals surface area contributed by atoms with Gasteiger partial charge in [0.25, 0.3) is 5.69 Å². The van der Waals surface area contributed by atoms with Gasteiger partial charge in [-0.2, -0.15) is 0 Å². The van der Waals surface area contributed by atoms with Crippen molar-refractivity contribution in [2.24, 2.45) is 0 Å². The number of nitrogens with zero attached hydrogens (tertiary/aromatic N) is 4. The van der Waals surface area contributed by atoms with Crippen molar-refractivity contribution in [1.82, 2.24) is 14.8 Å². The van der Waals surface area contributed by atoms with Crippen LogP contribution < -0.4 is 5.32 Å². The predicted octanol–water partition coefficient (Wildman–Crippen LogP) is 4.55. The molecule has 0 aliphatic carbocycles. The number of nitrogens with one attached hydrogen (secondary N) is 1. The van der Waals surface area contributed by atoms with Crippen LogP contribution in [0.25, 0.3) is 11.4 Å². The number of hydrogen-bond acceptors (Lipinski definition) is 7. The number of benzene rings is 2. The Kier molecular flexibility index (Phi) is 7.08. The lowest BCUT2D eigenvalue weighted by Crippen LogP contribution is -2.15. The van der Waals surface area contributed by atoms with E-state index >= 15 is 0 Å². The maximum atomic E-state index is 12.4. The van der Waals surface area contributed by atoms with E-state index in [1.54, 1.807) is 47.9 Å². The van der Waals surface area contributed by atoms with Crippen LogP contribution in [0.15, 0.2) is 58.7 Å². The molecule has 0 aliphatic heterocycles. The molecular formula is C20H18BrN5O4S. The molecular weight excluding hydrogens is 486 g/mol. The van der Waals surface area contributed by atoms with Gasteiger partial charge in [0.2, 0.25) is 5.91 Å². The molecule has 0 aliphatic rings. The van der Waals surface area contributed by atoms with Crippen molar-refractivity contribution in [2.45, 2.75) is 18.6 Å². The number of thioether (sulfide) groups is 1. The summed E-state index contributed by atoms with van der Waals surface area (Å²) in [5.41, 5.74) is 1.29. The summed E-state index contributed by atoms with van der Waals surface area (Å²) < 4.78 is 2.51. The van der Waals surface area contributed by atoms with Crippen LogP contribution in [0.3, 0.4) is 0 Å². The van der Waals surface area contributed by atoms with Crippen molar-refractivity contribution in [2.75, 3.05) is 11.1 Å². The largest absolute Gasteiger partial charge is 0.507 e. The van der Waals surface area contributed by atoms with Gasteiger partial charge in [0.15, 0.2) is 11.0 Å². The number of amides is 1. The molecule has 0 saturated carbocycles. The second-order valence-corrected chi connectivity index (χ2v) is 8.32. The van der Waals surface area contributed by atoms with Gasteiger partial charge in [-0.3, -0.25) is 19.5 Å². The molecule has 3 aromatic rings. The number of hydrogen-bond donors (Lipinski definition) is 2. The molecule has 3 rings (SSSR count). The Balaban J connectivity index is 1.76. The van der Waals surface area contributed by atoms with Gasteiger partial charge in [-0.1, -0.05) is 39.8 Å². The van der Waals surface area contributed by atoms with Crippen molar-refractivity contribution >= 4 is 45.0 Å². The predicted molar refractivity (Wildman–Crippen MR) is 122 cm³/mol. The van der Waals surface area contributed by atoms with Crippen LogP contribution in [0.4, 0.5) is 11.4 Å². The standard InChI is InChI=1S/C20H18BrN5O4S/c1-3-8-25-19(15-9-13(21)5-7-17(15)27)23-24-20(25)31-11-18(28)22-14-6-4-12(2)16(10-14)26(29)30/h3-7,9-10,27H,1,8,11H2,2H3,(H,22,28). The number of halogens is 1. The Bertz CT molecular complexity index is 1160. The highest BCUT2D eigenvalue weighted by Gasteiger charge is 2.18. The molecule has 31 heavy (non-hydrogen) atoms. The summed E-state index contributed by atoms with van der Waals surface area (Å²) in [5.74, 6) is 0.164. The third-order valence-corrected chi connectivity index (χ3v) is 5.71. The maximum Gasteiger partial charge on any atom is 0.274 e. The van der Waals surface area contributed by atoms with E-state index < -0.39 is 4.92 Å². The maximum absolute atomic E-state index is 12.4. The van der Waals surface area contributed by atoms with E-state index in [0.29, 0.717) is 34.3 Å². The first kappa shape index (κ1) is 22.5. The number of nitro groups is 1. The van der Waals surface area contributed by atoms with Crippen LogP contribution >= 0.6 is 27.7 Å². The van der Waals surface area contributed by atoms with Gasteiger partial charge in [0.1, 0.15) is 5.75 Å². The van der Waals surface area contributed by atoms with E-state index in [0.717, 1.165) is 16.2 Å². The van der Waals surface area contributed by atoms with Crippen LogP contribution in [-0.4, -0.2) is 36.5 Å². The molecule has 0 spiro atoms. The first-order valence-corrected chi connectivity index (χ1v) is 10.8. The molecule has 9 nitrogen and oxygen atoms in total. The number of phenols is 1. The summed E-state index contributed by atoms with van der Waals surface area (Å²) in [4.78, 5) is 23.0. The van der Waals surface area contributed by atoms with Gasteiger partial charge in [0.05, 0.1) is 16.2 Å². The molecule has 0 radical (unpaired) electrons. The van der Waals surface area contributed by atoms with Gasteiger partial charge < -0.3 is 10.4 Å². The quantitative estimate of drug-likeness (QED) is 0.200. The third-order valence-electron chi connectivity index (χ3n) is 4.25. The van der Waals surface area contributed by atoms with Crippen LogP contribution in [-0.2, 0) is 11.3 Å². The molecule has 1 amide bonds. The molecule has 0 unspecified atom stereocenters. The van der Waals surface area contributed by atoms with Crippen molar-refractivity contribution in [3.63, 3.8) is 0 Å². The Morgan fingerprint density at radius 2 is 2.13 bits per heavy atom. The van der Waals surface area contributed by atoms with E-state index in [1.807, 2.05) is 0 Å². The van der Waals surface area contributed by atoms with E-state index in [4.69, 9.17) is 0 Å². The zero-order valence-electron chi connectivity index (χ0n) is 16.4. The number of allylic oxidation sites excluding steroid dienone is 1. The van der Waals surface area contributed by atoms with Crippen molar-refractivity contribution < 1.29 is 14.8 Å². The fourth-order valence-electron chi connectivity index (χ4n) is 2.79. The highest BCUT2D eigenvalue weighted by Crippen LogP contribution is 2.33. The van der Waals surface area contributed by atoms with Gasteiger partial charge in [-0.15, -0.1) is 16.8 Å². The minimum absolute atomic E-state index is 0.0153. The Hall–Kier alpha value is -3.18. The third kappa shape index (κ3) is 5.30. The summed E-state index contributed by atoms with van der Waals surface area (Å²) >= 11 is 4.53. The number of aromatic nitrogens is 3. The summed E-state index contributed by atoms with van der Waals surface area (Å²) in [6, 6.07) is 9.50. The van der Waals surface area contributed by atoms with Gasteiger partial charge >= 0.3 is 0 Å². The fourth-order valence-corrected chi connectivity index (χ4v) is 3.90. The topological polar surface area (TPSA) is 123 Å². The van der Waals surface area contributed by atoms with E-state index in [-0.39, 0.29) is 23.1 Å². The first-order chi connectivity index (χ1) is 14.8. The van der Waals surface area contributed by atoms with Gasteiger partial charge in [-0.05, 0) is 31.2 Å². The van der Waals surface area contributed by atoms with E-state index in [9.17, 15) is 20.0 Å². The number of rotatable bonds is 8. The molecule has 1 heterocycles. The van der Waals surface area contributed by atoms with Crippen LogP contribution in [0.5, 0.6) is 5.75 Å². The lowest BCUT2D eigenvalue weighted by Gasteiger charge is -2.09. The van der Waals surface area contributed by atoms with Gasteiger partial charge in [-0.25, -0.2) is 0 Å². The average molecular weight is 504 g/mol. The van der Waals surface area contributed by atoms with E-state index in [2.05, 4.69) is 38.0 Å². The normalized spacial score (nSPS) is 10.6. The molecule has 0 saturated heterocycles. The number of carbonyl (C=O) groups excluding carboxylic acids is 1. The van der Waals surface area contributed by atoms with E-state index in [1.165, 1.54) is 6.07 Å². The highest BCUT2D eigenvalue weighted by atomic mass is 79.9. The number of aromatic hydroxyl groups is 1. The molecule has 2 N–H and O–H groups in total. The molecule has 160 valence electrons. The Morgan fingerprint density at radius 1 is 1.35 bits per heavy atom. The molecule has 1 aromatic heterocycles. The lowest BCUT2D eigenvalue weighted by molar-refractivity contribution is -0.385. The smallest absolute Gasteiger partial charge is 0.274 e. The fraction of sp³-hybridized carbons (Fsp3) is 0.150. The van der Waals surface area contributed by atoms with Crippen molar-refractivity contribution in [1.29, 1.82) is 0 Å². The number of aryl methyl sites for hydroxylation is 1. The van der Waals surface area contributed by atoms with Crippen LogP contribution in [0.1, 0.15) is 5.56 Å². The number of anilines is 1. The Morgan fingerprint density at radius 3 is 2.84 bits per heavy atom. The second-order valence-electron chi connectivity index (χ2n) is 6.46. The SMILES string of the molecule is C=CCn1c(SCC(=O)Nc2ccc(C)c([N+](=O)[O-])c2)nnc1-c1cc(Br)ccc1O.